The lowest BCUT2D eigenvalue weighted by atomic mass is 9.75. The normalized spacial score (nSPS) is 18.0. The molecule has 0 spiro atoms. The lowest BCUT2D eigenvalue weighted by Gasteiger charge is -2.45. The van der Waals surface area contributed by atoms with Gasteiger partial charge in [-0.2, -0.15) is 0 Å². The number of benzene rings is 1. The molecule has 0 radical (unpaired) electrons. The highest BCUT2D eigenvalue weighted by molar-refractivity contribution is 6.52. The zero-order valence-electron chi connectivity index (χ0n) is 13.1. The molecule has 1 heterocycles. The summed E-state index contributed by atoms with van der Waals surface area (Å²) in [6.45, 7) is 5.13. The molecule has 22 heavy (non-hydrogen) atoms. The van der Waals surface area contributed by atoms with Crippen LogP contribution in [-0.4, -0.2) is 37.4 Å². The van der Waals surface area contributed by atoms with Gasteiger partial charge in [0.1, 0.15) is 11.8 Å². The first-order chi connectivity index (χ1) is 10.3. The van der Waals surface area contributed by atoms with E-state index in [9.17, 15) is 14.4 Å². The number of carbonyl (C=O) groups excluding carboxylic acids is 3. The summed E-state index contributed by atoms with van der Waals surface area (Å²) in [5, 5.41) is 0. The average Bonchev–Trinajstić information content (AvgIpc) is 2.51. The number of carbonyl (C=O) groups is 3. The number of Topliss-reactive ketones (excluding diaryl/α,β-unsaturated/α-hetero) is 1. The molecule has 0 N–H and O–H groups in total. The molecule has 1 amide bonds. The number of ether oxygens (including phenoxy) is 2. The van der Waals surface area contributed by atoms with E-state index in [0.29, 0.717) is 11.4 Å². The lowest BCUT2D eigenvalue weighted by Crippen LogP contribution is -2.69. The van der Waals surface area contributed by atoms with E-state index in [1.54, 1.807) is 52.1 Å². The summed E-state index contributed by atoms with van der Waals surface area (Å²) in [5.74, 6) is -1.05. The van der Waals surface area contributed by atoms with E-state index >= 15 is 0 Å². The molecule has 6 heteroatoms. The molecule has 1 aromatic carbocycles. The molecule has 0 unspecified atom stereocenters. The van der Waals surface area contributed by atoms with Gasteiger partial charge in [-0.25, -0.2) is 0 Å². The van der Waals surface area contributed by atoms with Crippen molar-refractivity contribution in [3.63, 3.8) is 0 Å². The van der Waals surface area contributed by atoms with Crippen LogP contribution in [0.2, 0.25) is 0 Å². The Bertz CT molecular complexity index is 605. The van der Waals surface area contributed by atoms with Crippen LogP contribution in [0.1, 0.15) is 20.8 Å². The van der Waals surface area contributed by atoms with Gasteiger partial charge in [0.15, 0.2) is 0 Å². The SMILES string of the molecule is CCOC(=O)C(C)(C)[C@@H]1C(=O)C(=O)N1c1ccc(OC)cc1. The molecular weight excluding hydrogens is 286 g/mol. The van der Waals surface area contributed by atoms with Gasteiger partial charge in [-0.1, -0.05) is 0 Å². The number of esters is 1. The van der Waals surface area contributed by atoms with E-state index in [-0.39, 0.29) is 6.61 Å². The van der Waals surface area contributed by atoms with E-state index in [0.717, 1.165) is 0 Å². The number of methoxy groups -OCH3 is 1. The van der Waals surface area contributed by atoms with E-state index in [1.165, 1.54) is 4.90 Å². The van der Waals surface area contributed by atoms with Crippen molar-refractivity contribution in [2.45, 2.75) is 26.8 Å². The third-order valence-electron chi connectivity index (χ3n) is 3.77. The van der Waals surface area contributed by atoms with Crippen molar-refractivity contribution in [3.8, 4) is 5.75 Å². The molecule has 1 saturated heterocycles. The molecule has 1 fully saturated rings. The van der Waals surface area contributed by atoms with Gasteiger partial charge in [-0.3, -0.25) is 19.3 Å². The fourth-order valence-electron chi connectivity index (χ4n) is 2.49. The lowest BCUT2D eigenvalue weighted by molar-refractivity contribution is -0.160. The highest BCUT2D eigenvalue weighted by Gasteiger charge is 2.58. The number of amides is 1. The molecule has 6 nitrogen and oxygen atoms in total. The molecule has 118 valence electrons. The Kier molecular flexibility index (Phi) is 4.21. The summed E-state index contributed by atoms with van der Waals surface area (Å²) >= 11 is 0. The molecule has 2 rings (SSSR count). The fourth-order valence-corrected chi connectivity index (χ4v) is 2.49. The van der Waals surface area contributed by atoms with Gasteiger partial charge in [0, 0.05) is 5.69 Å². The number of anilines is 1. The Balaban J connectivity index is 2.31. The molecule has 1 atom stereocenters. The predicted molar refractivity (Wildman–Crippen MR) is 79.7 cm³/mol. The van der Waals surface area contributed by atoms with Crippen molar-refractivity contribution in [2.75, 3.05) is 18.6 Å². The Labute approximate surface area is 129 Å². The van der Waals surface area contributed by atoms with Crippen molar-refractivity contribution in [3.05, 3.63) is 24.3 Å². The first kappa shape index (κ1) is 16.0. The molecule has 0 saturated carbocycles. The summed E-state index contributed by atoms with van der Waals surface area (Å²) < 4.78 is 10.1. The van der Waals surface area contributed by atoms with Crippen molar-refractivity contribution < 1.29 is 23.9 Å². The largest absolute Gasteiger partial charge is 0.497 e. The van der Waals surface area contributed by atoms with Gasteiger partial charge in [0.25, 0.3) is 5.91 Å². The quantitative estimate of drug-likeness (QED) is 0.469. The van der Waals surface area contributed by atoms with Crippen molar-refractivity contribution >= 4 is 23.3 Å². The van der Waals surface area contributed by atoms with Crippen LogP contribution in [0, 0.1) is 5.41 Å². The maximum Gasteiger partial charge on any atom is 0.314 e. The van der Waals surface area contributed by atoms with E-state index in [1.807, 2.05) is 0 Å². The standard InChI is InChI=1S/C16H19NO5/c1-5-22-15(20)16(2,3)13-12(18)14(19)17(13)10-6-8-11(21-4)9-7-10/h6-9,13H,5H2,1-4H3/t13-/m0/s1. The number of hydrogen-bond donors (Lipinski definition) is 0. The van der Waals surface area contributed by atoms with Gasteiger partial charge < -0.3 is 9.47 Å². The van der Waals surface area contributed by atoms with E-state index in [4.69, 9.17) is 9.47 Å². The third kappa shape index (κ3) is 2.45. The fraction of sp³-hybridized carbons (Fsp3) is 0.438. The summed E-state index contributed by atoms with van der Waals surface area (Å²) in [5.41, 5.74) is -0.561. The molecule has 1 aliphatic heterocycles. The summed E-state index contributed by atoms with van der Waals surface area (Å²) in [6.07, 6.45) is 0. The van der Waals surface area contributed by atoms with Crippen molar-refractivity contribution in [2.24, 2.45) is 5.41 Å². The van der Waals surface area contributed by atoms with Gasteiger partial charge in [0.05, 0.1) is 19.1 Å². The molecular formula is C16H19NO5. The van der Waals surface area contributed by atoms with Crippen LogP contribution in [0.25, 0.3) is 0 Å². The van der Waals surface area contributed by atoms with Gasteiger partial charge >= 0.3 is 5.97 Å². The number of rotatable bonds is 5. The maximum absolute atomic E-state index is 12.1. The monoisotopic (exact) mass is 305 g/mol. The maximum atomic E-state index is 12.1. The number of hydrogen-bond acceptors (Lipinski definition) is 5. The van der Waals surface area contributed by atoms with Crippen molar-refractivity contribution in [1.82, 2.24) is 0 Å². The number of β-lactam (4-membered cyclic amide) rings is 1. The van der Waals surface area contributed by atoms with Crippen LogP contribution in [0.3, 0.4) is 0 Å². The first-order valence-corrected chi connectivity index (χ1v) is 7.03. The van der Waals surface area contributed by atoms with Gasteiger partial charge in [-0.05, 0) is 45.0 Å². The Hall–Kier alpha value is -2.37. The predicted octanol–water partition coefficient (Wildman–Crippen LogP) is 1.57. The van der Waals surface area contributed by atoms with E-state index in [2.05, 4.69) is 0 Å². The minimum absolute atomic E-state index is 0.222. The first-order valence-electron chi connectivity index (χ1n) is 7.03. The van der Waals surface area contributed by atoms with Crippen LogP contribution in [0.4, 0.5) is 5.69 Å². The average molecular weight is 305 g/mol. The van der Waals surface area contributed by atoms with Crippen LogP contribution < -0.4 is 9.64 Å². The molecule has 0 aliphatic carbocycles. The number of nitrogens with zero attached hydrogens (tertiary/aromatic N) is 1. The summed E-state index contributed by atoms with van der Waals surface area (Å²) in [4.78, 5) is 37.4. The smallest absolute Gasteiger partial charge is 0.314 e. The Morgan fingerprint density at radius 1 is 1.23 bits per heavy atom. The topological polar surface area (TPSA) is 72.9 Å². The van der Waals surface area contributed by atoms with Crippen LogP contribution in [-0.2, 0) is 19.1 Å². The molecule has 1 aliphatic rings. The second kappa shape index (κ2) is 5.79. The third-order valence-corrected chi connectivity index (χ3v) is 3.77. The molecule has 0 bridgehead atoms. The second-order valence-electron chi connectivity index (χ2n) is 5.58. The summed E-state index contributed by atoms with van der Waals surface area (Å²) in [6, 6.07) is 5.89. The minimum Gasteiger partial charge on any atom is -0.497 e. The van der Waals surface area contributed by atoms with Gasteiger partial charge in [0.2, 0.25) is 5.78 Å². The number of ketones is 1. The van der Waals surface area contributed by atoms with E-state index < -0.39 is 29.1 Å². The van der Waals surface area contributed by atoms with Crippen LogP contribution in [0.15, 0.2) is 24.3 Å². The van der Waals surface area contributed by atoms with Gasteiger partial charge in [-0.15, -0.1) is 0 Å². The zero-order chi connectivity index (χ0) is 16.5. The summed E-state index contributed by atoms with van der Waals surface area (Å²) in [7, 11) is 1.54. The van der Waals surface area contributed by atoms with Crippen LogP contribution >= 0.6 is 0 Å². The highest BCUT2D eigenvalue weighted by atomic mass is 16.5. The molecule has 1 aromatic rings. The molecule has 0 aromatic heterocycles. The second-order valence-corrected chi connectivity index (χ2v) is 5.58. The zero-order valence-corrected chi connectivity index (χ0v) is 13.1. The minimum atomic E-state index is -1.11. The van der Waals surface area contributed by atoms with Crippen LogP contribution in [0.5, 0.6) is 5.75 Å². The Morgan fingerprint density at radius 3 is 2.32 bits per heavy atom. The Morgan fingerprint density at radius 2 is 1.82 bits per heavy atom. The van der Waals surface area contributed by atoms with Crippen molar-refractivity contribution in [1.29, 1.82) is 0 Å². The highest BCUT2D eigenvalue weighted by Crippen LogP contribution is 2.38.